The second-order valence-corrected chi connectivity index (χ2v) is 12.5. The summed E-state index contributed by atoms with van der Waals surface area (Å²) in [6.07, 6.45) is 4.42. The van der Waals surface area contributed by atoms with E-state index in [1.807, 2.05) is 29.6 Å². The van der Waals surface area contributed by atoms with E-state index in [9.17, 15) is 18.0 Å². The van der Waals surface area contributed by atoms with Crippen LogP contribution in [0.2, 0.25) is 0 Å². The molecule has 1 saturated carbocycles. The first-order valence-electron chi connectivity index (χ1n) is 12.1. The van der Waals surface area contributed by atoms with E-state index in [0.29, 0.717) is 28.5 Å². The van der Waals surface area contributed by atoms with Gasteiger partial charge in [-0.3, -0.25) is 9.59 Å². The number of aromatic amines is 1. The third-order valence-electron chi connectivity index (χ3n) is 6.78. The third-order valence-corrected chi connectivity index (χ3v) is 9.08. The van der Waals surface area contributed by atoms with Gasteiger partial charge < -0.3 is 25.5 Å². The number of nitrogens with two attached hydrogens (primary N) is 1. The van der Waals surface area contributed by atoms with E-state index >= 15 is 0 Å². The maximum absolute atomic E-state index is 12.8. The molecule has 1 unspecified atom stereocenters. The van der Waals surface area contributed by atoms with Gasteiger partial charge in [-0.15, -0.1) is 11.3 Å². The summed E-state index contributed by atoms with van der Waals surface area (Å²) in [6, 6.07) is 7.34. The number of thiophene rings is 1. The summed E-state index contributed by atoms with van der Waals surface area (Å²) in [5.74, 6) is 0.484. The number of amides is 1. The van der Waals surface area contributed by atoms with Crippen molar-refractivity contribution in [2.45, 2.75) is 44.2 Å². The number of ether oxygens (including phenoxy) is 2. The van der Waals surface area contributed by atoms with Gasteiger partial charge in [0.25, 0.3) is 11.5 Å². The van der Waals surface area contributed by atoms with Gasteiger partial charge in [-0.05, 0) is 60.6 Å². The van der Waals surface area contributed by atoms with Crippen LogP contribution >= 0.6 is 11.3 Å². The van der Waals surface area contributed by atoms with Crippen molar-refractivity contribution in [1.82, 2.24) is 15.3 Å². The number of carbonyl (C=O) groups excluding carboxylic acids is 1. The molecule has 1 atom stereocenters. The first kappa shape index (κ1) is 27.2. The predicted octanol–water partition coefficient (Wildman–Crippen LogP) is 2.58. The van der Waals surface area contributed by atoms with Crippen LogP contribution in [0.25, 0.3) is 10.2 Å². The molecule has 0 bridgehead atoms. The Morgan fingerprint density at radius 2 is 2.05 bits per heavy atom. The SMILES string of the molecule is COc1cccc(CNC(=O)c2nc3scc(COCC4CCC(C(N)S(C)(=O)=O)CC4)c3c(=O)[nH]2)c1. The molecule has 200 valence electrons. The normalized spacial score (nSPS) is 19.0. The van der Waals surface area contributed by atoms with Crippen LogP contribution in [-0.2, 0) is 27.7 Å². The highest BCUT2D eigenvalue weighted by atomic mass is 32.2. The Balaban J connectivity index is 1.31. The fraction of sp³-hybridized carbons (Fsp3) is 0.480. The standard InChI is InChI=1S/C25H32N4O6S2/c1-34-19-5-3-4-16(10-19)11-27-24(31)22-28-23(30)20-18(14-36-25(20)29-22)13-35-12-15-6-8-17(9-7-15)21(26)37(2,32)33/h3-5,10,14-15,17,21H,6-9,11-13,26H2,1-2H3,(H,27,31)(H,28,29,30). The van der Waals surface area contributed by atoms with Gasteiger partial charge in [0, 0.05) is 25.0 Å². The van der Waals surface area contributed by atoms with Crippen LogP contribution in [0.4, 0.5) is 0 Å². The molecular weight excluding hydrogens is 516 g/mol. The molecule has 3 aromatic rings. The zero-order valence-corrected chi connectivity index (χ0v) is 22.5. The van der Waals surface area contributed by atoms with Crippen molar-refractivity contribution >= 4 is 37.3 Å². The Morgan fingerprint density at radius 1 is 1.30 bits per heavy atom. The molecule has 0 spiro atoms. The average Bonchev–Trinajstić information content (AvgIpc) is 3.30. The highest BCUT2D eigenvalue weighted by molar-refractivity contribution is 7.91. The number of sulfone groups is 1. The van der Waals surface area contributed by atoms with Crippen molar-refractivity contribution in [3.63, 3.8) is 0 Å². The fourth-order valence-electron chi connectivity index (χ4n) is 4.64. The van der Waals surface area contributed by atoms with Crippen LogP contribution in [0, 0.1) is 11.8 Å². The monoisotopic (exact) mass is 548 g/mol. The minimum absolute atomic E-state index is 0.0152. The average molecular weight is 549 g/mol. The van der Waals surface area contributed by atoms with Crippen molar-refractivity contribution < 1.29 is 22.7 Å². The van der Waals surface area contributed by atoms with Gasteiger partial charge in [0.2, 0.25) is 5.82 Å². The van der Waals surface area contributed by atoms with Gasteiger partial charge in [-0.1, -0.05) is 12.1 Å². The van der Waals surface area contributed by atoms with E-state index in [0.717, 1.165) is 36.8 Å². The largest absolute Gasteiger partial charge is 0.497 e. The number of hydrogen-bond acceptors (Lipinski definition) is 9. The number of rotatable bonds is 10. The van der Waals surface area contributed by atoms with Crippen molar-refractivity contribution in [2.24, 2.45) is 17.6 Å². The minimum atomic E-state index is -3.24. The van der Waals surface area contributed by atoms with Crippen molar-refractivity contribution in [1.29, 1.82) is 0 Å². The quantitative estimate of drug-likeness (QED) is 0.349. The van der Waals surface area contributed by atoms with Crippen molar-refractivity contribution in [3.05, 3.63) is 57.0 Å². The van der Waals surface area contributed by atoms with E-state index in [1.54, 1.807) is 7.11 Å². The summed E-state index contributed by atoms with van der Waals surface area (Å²) in [5, 5.41) is 4.21. The Morgan fingerprint density at radius 3 is 2.76 bits per heavy atom. The lowest BCUT2D eigenvalue weighted by molar-refractivity contribution is 0.0675. The third kappa shape index (κ3) is 6.75. The molecule has 2 heterocycles. The zero-order valence-electron chi connectivity index (χ0n) is 20.9. The molecule has 12 heteroatoms. The van der Waals surface area contributed by atoms with E-state index in [-0.39, 0.29) is 30.5 Å². The van der Waals surface area contributed by atoms with Crippen LogP contribution in [-0.4, -0.2) is 49.6 Å². The second kappa shape index (κ2) is 11.7. The molecule has 4 rings (SSSR count). The van der Waals surface area contributed by atoms with E-state index in [4.69, 9.17) is 15.2 Å². The number of nitrogens with zero attached hydrogens (tertiary/aromatic N) is 1. The lowest BCUT2D eigenvalue weighted by Crippen LogP contribution is -2.39. The molecule has 4 N–H and O–H groups in total. The first-order valence-corrected chi connectivity index (χ1v) is 14.9. The van der Waals surface area contributed by atoms with Gasteiger partial charge in [-0.25, -0.2) is 13.4 Å². The Labute approximate surface area is 219 Å². The summed E-state index contributed by atoms with van der Waals surface area (Å²) in [5.41, 5.74) is 7.10. The summed E-state index contributed by atoms with van der Waals surface area (Å²) < 4.78 is 34.5. The Hall–Kier alpha value is -2.80. The number of aromatic nitrogens is 2. The summed E-state index contributed by atoms with van der Waals surface area (Å²) in [7, 11) is -1.66. The van der Waals surface area contributed by atoms with E-state index < -0.39 is 21.1 Å². The van der Waals surface area contributed by atoms with Gasteiger partial charge >= 0.3 is 0 Å². The lowest BCUT2D eigenvalue weighted by atomic mass is 9.82. The van der Waals surface area contributed by atoms with Gasteiger partial charge in [-0.2, -0.15) is 0 Å². The van der Waals surface area contributed by atoms with Crippen LogP contribution in [0.15, 0.2) is 34.4 Å². The van der Waals surface area contributed by atoms with E-state index in [2.05, 4.69) is 15.3 Å². The highest BCUT2D eigenvalue weighted by Gasteiger charge is 2.31. The molecule has 2 aromatic heterocycles. The number of fused-ring (bicyclic) bond motifs is 1. The molecule has 0 radical (unpaired) electrons. The van der Waals surface area contributed by atoms with Gasteiger partial charge in [0.1, 0.15) is 16.0 Å². The second-order valence-electron chi connectivity index (χ2n) is 9.48. The summed E-state index contributed by atoms with van der Waals surface area (Å²) >= 11 is 1.29. The minimum Gasteiger partial charge on any atom is -0.497 e. The number of methoxy groups -OCH3 is 1. The number of carbonyl (C=O) groups is 1. The van der Waals surface area contributed by atoms with E-state index in [1.165, 1.54) is 17.6 Å². The maximum Gasteiger partial charge on any atom is 0.287 e. The summed E-state index contributed by atoms with van der Waals surface area (Å²) in [6.45, 7) is 1.05. The molecule has 1 fully saturated rings. The molecule has 0 aliphatic heterocycles. The number of benzene rings is 1. The smallest absolute Gasteiger partial charge is 0.287 e. The molecule has 1 amide bonds. The molecule has 1 aromatic carbocycles. The highest BCUT2D eigenvalue weighted by Crippen LogP contribution is 2.32. The lowest BCUT2D eigenvalue weighted by Gasteiger charge is -2.31. The van der Waals surface area contributed by atoms with Gasteiger partial charge in [0.05, 0.1) is 19.1 Å². The number of H-pyrrole nitrogens is 1. The van der Waals surface area contributed by atoms with Crippen LogP contribution < -0.4 is 21.3 Å². The number of nitrogens with one attached hydrogen (secondary N) is 2. The Bertz CT molecular complexity index is 1410. The molecule has 1 aliphatic carbocycles. The van der Waals surface area contributed by atoms with Crippen molar-refractivity contribution in [3.8, 4) is 5.75 Å². The summed E-state index contributed by atoms with van der Waals surface area (Å²) in [4.78, 5) is 32.8. The van der Waals surface area contributed by atoms with Crippen LogP contribution in [0.1, 0.15) is 47.4 Å². The first-order chi connectivity index (χ1) is 17.7. The predicted molar refractivity (Wildman–Crippen MR) is 142 cm³/mol. The molecule has 0 saturated heterocycles. The van der Waals surface area contributed by atoms with Crippen LogP contribution in [0.3, 0.4) is 0 Å². The van der Waals surface area contributed by atoms with Crippen LogP contribution in [0.5, 0.6) is 5.75 Å². The fourth-order valence-corrected chi connectivity index (χ4v) is 6.53. The molecule has 1 aliphatic rings. The topological polar surface area (TPSA) is 153 Å². The van der Waals surface area contributed by atoms with Gasteiger partial charge in [0.15, 0.2) is 9.84 Å². The van der Waals surface area contributed by atoms with Crippen molar-refractivity contribution in [2.75, 3.05) is 20.0 Å². The number of hydrogen-bond donors (Lipinski definition) is 3. The molecular formula is C25H32N4O6S2. The Kier molecular flexibility index (Phi) is 8.63. The maximum atomic E-state index is 12.8. The zero-order chi connectivity index (χ0) is 26.6. The molecule has 10 nitrogen and oxygen atoms in total. The molecule has 37 heavy (non-hydrogen) atoms.